The average Bonchev–Trinajstić information content (AvgIpc) is 2.73. The number of hydrazine groups is 1. The summed E-state index contributed by atoms with van der Waals surface area (Å²) in [6, 6.07) is 0. The predicted octanol–water partition coefficient (Wildman–Crippen LogP) is 0.0657. The highest BCUT2D eigenvalue weighted by Gasteiger charge is 2.02. The Morgan fingerprint density at radius 2 is 2.12 bits per heavy atom. The second-order valence-electron chi connectivity index (χ2n) is 3.02. The summed E-state index contributed by atoms with van der Waals surface area (Å²) in [5.41, 5.74) is 2.41. The van der Waals surface area contributed by atoms with E-state index in [1.165, 1.54) is 6.20 Å². The summed E-state index contributed by atoms with van der Waals surface area (Å²) >= 11 is 0. The van der Waals surface area contributed by atoms with Gasteiger partial charge in [0.1, 0.15) is 5.82 Å². The molecule has 0 aromatic carbocycles. The zero-order chi connectivity index (χ0) is 11.4. The predicted molar refractivity (Wildman–Crippen MR) is 56.2 cm³/mol. The van der Waals surface area contributed by atoms with Crippen molar-refractivity contribution in [1.82, 2.24) is 20.1 Å². The first kappa shape index (κ1) is 10.3. The van der Waals surface area contributed by atoms with Crippen molar-refractivity contribution in [3.63, 3.8) is 0 Å². The van der Waals surface area contributed by atoms with Gasteiger partial charge in [-0.2, -0.15) is 4.98 Å². The highest BCUT2D eigenvalue weighted by molar-refractivity contribution is 5.40. The molecule has 0 fully saturated rings. The smallest absolute Gasteiger partial charge is 0.223 e. The number of nitrogens with two attached hydrogens (primary N) is 1. The van der Waals surface area contributed by atoms with Crippen molar-refractivity contribution >= 4 is 11.6 Å². The molecule has 0 aliphatic heterocycles. The van der Waals surface area contributed by atoms with Crippen LogP contribution in [0.25, 0.3) is 0 Å². The fourth-order valence-corrected chi connectivity index (χ4v) is 1.10. The van der Waals surface area contributed by atoms with Crippen LogP contribution in [0.15, 0.2) is 16.9 Å². The van der Waals surface area contributed by atoms with Crippen molar-refractivity contribution in [3.8, 4) is 0 Å². The van der Waals surface area contributed by atoms with Crippen LogP contribution in [-0.4, -0.2) is 20.1 Å². The van der Waals surface area contributed by atoms with Crippen LogP contribution in [0, 0.1) is 6.92 Å². The molecule has 0 bridgehead atoms. The monoisotopic (exact) mass is 221 g/mol. The minimum atomic E-state index is 0.417. The SMILES string of the molecule is Cc1nc(CNc2cncc(NN)n2)no1. The Kier molecular flexibility index (Phi) is 2.92. The van der Waals surface area contributed by atoms with Crippen molar-refractivity contribution in [2.45, 2.75) is 13.5 Å². The highest BCUT2D eigenvalue weighted by atomic mass is 16.5. The largest absolute Gasteiger partial charge is 0.361 e. The lowest BCUT2D eigenvalue weighted by Gasteiger charge is -2.03. The highest BCUT2D eigenvalue weighted by Crippen LogP contribution is 2.06. The van der Waals surface area contributed by atoms with Crippen molar-refractivity contribution in [2.75, 3.05) is 10.7 Å². The number of nitrogen functional groups attached to an aromatic ring is 1. The Morgan fingerprint density at radius 3 is 2.81 bits per heavy atom. The number of rotatable bonds is 4. The van der Waals surface area contributed by atoms with Crippen LogP contribution in [-0.2, 0) is 6.54 Å². The van der Waals surface area contributed by atoms with Gasteiger partial charge in [0.25, 0.3) is 0 Å². The third-order valence-electron chi connectivity index (χ3n) is 1.78. The van der Waals surface area contributed by atoms with Gasteiger partial charge in [-0.3, -0.25) is 4.98 Å². The first-order valence-corrected chi connectivity index (χ1v) is 4.59. The molecule has 0 aliphatic carbocycles. The summed E-state index contributed by atoms with van der Waals surface area (Å²) in [5, 5.41) is 6.73. The minimum absolute atomic E-state index is 0.417. The molecule has 0 aliphatic rings. The topological polar surface area (TPSA) is 115 Å². The van der Waals surface area contributed by atoms with Crippen LogP contribution in [0.1, 0.15) is 11.7 Å². The van der Waals surface area contributed by atoms with Crippen molar-refractivity contribution in [2.24, 2.45) is 5.84 Å². The molecule has 0 atom stereocenters. The summed E-state index contributed by atoms with van der Waals surface area (Å²) < 4.78 is 4.83. The third-order valence-corrected chi connectivity index (χ3v) is 1.78. The molecule has 0 saturated heterocycles. The van der Waals surface area contributed by atoms with E-state index in [9.17, 15) is 0 Å². The molecule has 16 heavy (non-hydrogen) atoms. The summed E-state index contributed by atoms with van der Waals surface area (Å²) in [6.07, 6.45) is 3.09. The lowest BCUT2D eigenvalue weighted by molar-refractivity contribution is 0.388. The Morgan fingerprint density at radius 1 is 1.31 bits per heavy atom. The molecule has 0 spiro atoms. The quantitative estimate of drug-likeness (QED) is 0.490. The number of hydrogen-bond acceptors (Lipinski definition) is 8. The van der Waals surface area contributed by atoms with Gasteiger partial charge >= 0.3 is 0 Å². The number of nitrogens with one attached hydrogen (secondary N) is 2. The van der Waals surface area contributed by atoms with Crippen molar-refractivity contribution < 1.29 is 4.52 Å². The molecule has 8 heteroatoms. The van der Waals surface area contributed by atoms with Gasteiger partial charge < -0.3 is 15.3 Å². The van der Waals surface area contributed by atoms with Gasteiger partial charge in [0, 0.05) is 6.92 Å². The molecule has 2 heterocycles. The van der Waals surface area contributed by atoms with E-state index in [2.05, 4.69) is 30.9 Å². The zero-order valence-corrected chi connectivity index (χ0v) is 8.64. The summed E-state index contributed by atoms with van der Waals surface area (Å²) in [6.45, 7) is 2.15. The minimum Gasteiger partial charge on any atom is -0.361 e. The first-order valence-electron chi connectivity index (χ1n) is 4.59. The summed E-state index contributed by atoms with van der Waals surface area (Å²) in [5.74, 6) is 7.36. The number of hydrogen-bond donors (Lipinski definition) is 3. The number of nitrogens with zero attached hydrogens (tertiary/aromatic N) is 4. The van der Waals surface area contributed by atoms with E-state index in [0.29, 0.717) is 29.9 Å². The molecule has 0 radical (unpaired) electrons. The van der Waals surface area contributed by atoms with Crippen LogP contribution in [0.5, 0.6) is 0 Å². The van der Waals surface area contributed by atoms with Crippen LogP contribution >= 0.6 is 0 Å². The Hall–Kier alpha value is -2.22. The Balaban J connectivity index is 1.99. The molecule has 0 saturated carbocycles. The molecule has 2 aromatic rings. The van der Waals surface area contributed by atoms with Crippen LogP contribution in [0.4, 0.5) is 11.6 Å². The van der Waals surface area contributed by atoms with Gasteiger partial charge in [0.05, 0.1) is 18.9 Å². The van der Waals surface area contributed by atoms with Gasteiger partial charge in [0.15, 0.2) is 11.6 Å². The van der Waals surface area contributed by atoms with Crippen LogP contribution < -0.4 is 16.6 Å². The number of aryl methyl sites for hydroxylation is 1. The lowest BCUT2D eigenvalue weighted by atomic mass is 10.5. The van der Waals surface area contributed by atoms with Crippen molar-refractivity contribution in [1.29, 1.82) is 0 Å². The van der Waals surface area contributed by atoms with E-state index in [1.807, 2.05) is 0 Å². The van der Waals surface area contributed by atoms with E-state index in [1.54, 1.807) is 13.1 Å². The van der Waals surface area contributed by atoms with E-state index in [0.717, 1.165) is 0 Å². The average molecular weight is 221 g/mol. The molecule has 0 amide bonds. The normalized spacial score (nSPS) is 10.1. The molecule has 4 N–H and O–H groups in total. The number of aromatic nitrogens is 4. The standard InChI is InChI=1S/C8H11N7O/c1-5-12-8(15-16-5)4-11-6-2-10-3-7(13-6)14-9/h2-3H,4,9H2,1H3,(H2,11,13,14). The maximum atomic E-state index is 5.21. The van der Waals surface area contributed by atoms with Gasteiger partial charge in [0.2, 0.25) is 5.89 Å². The van der Waals surface area contributed by atoms with Gasteiger partial charge in [-0.1, -0.05) is 5.16 Å². The van der Waals surface area contributed by atoms with E-state index >= 15 is 0 Å². The molecular formula is C8H11N7O. The van der Waals surface area contributed by atoms with E-state index in [4.69, 9.17) is 10.4 Å². The molecule has 8 nitrogen and oxygen atoms in total. The summed E-state index contributed by atoms with van der Waals surface area (Å²) in [4.78, 5) is 12.1. The van der Waals surface area contributed by atoms with Crippen LogP contribution in [0.3, 0.4) is 0 Å². The molecular weight excluding hydrogens is 210 g/mol. The molecule has 0 unspecified atom stereocenters. The van der Waals surface area contributed by atoms with Crippen LogP contribution in [0.2, 0.25) is 0 Å². The Bertz CT molecular complexity index is 469. The van der Waals surface area contributed by atoms with Gasteiger partial charge in [-0.25, -0.2) is 10.8 Å². The molecule has 84 valence electrons. The second-order valence-corrected chi connectivity index (χ2v) is 3.02. The van der Waals surface area contributed by atoms with Gasteiger partial charge in [-0.15, -0.1) is 0 Å². The zero-order valence-electron chi connectivity index (χ0n) is 8.64. The van der Waals surface area contributed by atoms with Gasteiger partial charge in [-0.05, 0) is 0 Å². The molecule has 2 aromatic heterocycles. The lowest BCUT2D eigenvalue weighted by Crippen LogP contribution is -2.10. The van der Waals surface area contributed by atoms with E-state index < -0.39 is 0 Å². The first-order chi connectivity index (χ1) is 7.78. The third kappa shape index (κ3) is 2.42. The van der Waals surface area contributed by atoms with Crippen molar-refractivity contribution in [3.05, 3.63) is 24.1 Å². The van der Waals surface area contributed by atoms with E-state index in [-0.39, 0.29) is 0 Å². The summed E-state index contributed by atoms with van der Waals surface area (Å²) in [7, 11) is 0. The number of anilines is 2. The molecule has 2 rings (SSSR count). The second kappa shape index (κ2) is 4.53. The fraction of sp³-hybridized carbons (Fsp3) is 0.250. The maximum Gasteiger partial charge on any atom is 0.223 e. The fourth-order valence-electron chi connectivity index (χ4n) is 1.10. The Labute approximate surface area is 91.3 Å². The maximum absolute atomic E-state index is 5.21.